The lowest BCUT2D eigenvalue weighted by molar-refractivity contribution is 0.0862. The lowest BCUT2D eigenvalue weighted by Crippen LogP contribution is -2.41. The number of carbonyl (C=O) groups excluding carboxylic acids is 1. The van der Waals surface area contributed by atoms with Gasteiger partial charge in [-0.1, -0.05) is 0 Å². The molecular weight excluding hydrogens is 306 g/mol. The fraction of sp³-hybridized carbons (Fsp3) is 0.588. The van der Waals surface area contributed by atoms with Gasteiger partial charge in [0.25, 0.3) is 5.91 Å². The highest BCUT2D eigenvalue weighted by atomic mass is 16.3. The lowest BCUT2D eigenvalue weighted by atomic mass is 10.1. The molecule has 0 spiro atoms. The van der Waals surface area contributed by atoms with Crippen LogP contribution in [-0.4, -0.2) is 42.7 Å². The summed E-state index contributed by atoms with van der Waals surface area (Å²) in [5.74, 6) is 0.208. The predicted molar refractivity (Wildman–Crippen MR) is 87.4 cm³/mol. The molecule has 7 heteroatoms. The Morgan fingerprint density at radius 3 is 3.08 bits per heavy atom. The molecule has 2 N–H and O–H groups in total. The van der Waals surface area contributed by atoms with E-state index in [1.54, 1.807) is 10.9 Å². The number of rotatable bonds is 4. The lowest BCUT2D eigenvalue weighted by Gasteiger charge is -2.17. The molecule has 1 unspecified atom stereocenters. The highest BCUT2D eigenvalue weighted by Gasteiger charge is 2.35. The summed E-state index contributed by atoms with van der Waals surface area (Å²) < 4.78 is 3.57. The Hall–Kier alpha value is -2.15. The molecule has 128 valence electrons. The summed E-state index contributed by atoms with van der Waals surface area (Å²) in [6.45, 7) is 0.775. The molecule has 2 aromatic heterocycles. The van der Waals surface area contributed by atoms with Crippen molar-refractivity contribution in [1.29, 1.82) is 0 Å². The molecule has 4 rings (SSSR count). The summed E-state index contributed by atoms with van der Waals surface area (Å²) in [5.41, 5.74) is 2.78. The van der Waals surface area contributed by atoms with Crippen LogP contribution in [0, 0.1) is 5.92 Å². The molecule has 1 saturated carbocycles. The van der Waals surface area contributed by atoms with E-state index in [0.29, 0.717) is 18.0 Å². The minimum atomic E-state index is -0.504. The number of aliphatic hydroxyl groups excluding tert-OH is 1. The Kier molecular flexibility index (Phi) is 3.88. The summed E-state index contributed by atoms with van der Waals surface area (Å²) in [5, 5.41) is 22.0. The Morgan fingerprint density at radius 1 is 1.42 bits per heavy atom. The number of fused-ring (bicyclic) bond motifs is 1. The van der Waals surface area contributed by atoms with Crippen molar-refractivity contribution in [2.45, 2.75) is 50.8 Å². The molecule has 0 aromatic carbocycles. The Morgan fingerprint density at radius 2 is 2.29 bits per heavy atom. The molecular formula is C17H23N5O2. The third-order valence-electron chi connectivity index (χ3n) is 5.23. The van der Waals surface area contributed by atoms with Gasteiger partial charge in [0, 0.05) is 31.5 Å². The van der Waals surface area contributed by atoms with Crippen LogP contribution in [0.2, 0.25) is 0 Å². The first-order valence-electron chi connectivity index (χ1n) is 8.63. The van der Waals surface area contributed by atoms with Gasteiger partial charge in [0.15, 0.2) is 0 Å². The number of aryl methyl sites for hydroxylation is 2. The van der Waals surface area contributed by atoms with E-state index in [9.17, 15) is 9.90 Å². The molecule has 1 amide bonds. The zero-order chi connectivity index (χ0) is 16.7. The predicted octanol–water partition coefficient (Wildman–Crippen LogP) is 0.675. The van der Waals surface area contributed by atoms with Crippen LogP contribution >= 0.6 is 0 Å². The minimum absolute atomic E-state index is 0.114. The quantitative estimate of drug-likeness (QED) is 0.864. The van der Waals surface area contributed by atoms with Crippen molar-refractivity contribution in [2.75, 3.05) is 0 Å². The Labute approximate surface area is 140 Å². The molecule has 2 aliphatic carbocycles. The van der Waals surface area contributed by atoms with Crippen LogP contribution in [0.5, 0.6) is 0 Å². The zero-order valence-electron chi connectivity index (χ0n) is 13.9. The van der Waals surface area contributed by atoms with E-state index >= 15 is 0 Å². The van der Waals surface area contributed by atoms with Gasteiger partial charge >= 0.3 is 0 Å². The van der Waals surface area contributed by atoms with E-state index < -0.39 is 6.10 Å². The van der Waals surface area contributed by atoms with Gasteiger partial charge in [0.2, 0.25) is 0 Å². The second kappa shape index (κ2) is 6.05. The maximum Gasteiger partial charge on any atom is 0.270 e. The molecule has 2 heterocycles. The average molecular weight is 329 g/mol. The van der Waals surface area contributed by atoms with Gasteiger partial charge in [0.1, 0.15) is 5.69 Å². The second-order valence-corrected chi connectivity index (χ2v) is 6.96. The smallest absolute Gasteiger partial charge is 0.270 e. The van der Waals surface area contributed by atoms with E-state index in [4.69, 9.17) is 0 Å². The number of hydrogen-bond acceptors (Lipinski definition) is 4. The molecule has 0 bridgehead atoms. The summed E-state index contributed by atoms with van der Waals surface area (Å²) in [6.07, 6.45) is 7.58. The van der Waals surface area contributed by atoms with Crippen molar-refractivity contribution in [3.8, 4) is 0 Å². The molecule has 0 saturated heterocycles. The van der Waals surface area contributed by atoms with Gasteiger partial charge in [-0.15, -0.1) is 0 Å². The number of carbonyl (C=O) groups is 1. The number of nitrogens with one attached hydrogen (secondary N) is 1. The third kappa shape index (κ3) is 2.73. The van der Waals surface area contributed by atoms with Crippen molar-refractivity contribution in [3.05, 3.63) is 35.4 Å². The third-order valence-corrected chi connectivity index (χ3v) is 5.23. The van der Waals surface area contributed by atoms with E-state index in [1.807, 2.05) is 24.0 Å². The monoisotopic (exact) mass is 329 g/mol. The van der Waals surface area contributed by atoms with E-state index in [2.05, 4.69) is 15.5 Å². The highest BCUT2D eigenvalue weighted by molar-refractivity contribution is 5.94. The van der Waals surface area contributed by atoms with Gasteiger partial charge in [-0.2, -0.15) is 10.2 Å². The van der Waals surface area contributed by atoms with Crippen molar-refractivity contribution >= 4 is 5.91 Å². The Balaban J connectivity index is 1.43. The van der Waals surface area contributed by atoms with E-state index in [0.717, 1.165) is 43.5 Å². The molecule has 2 aromatic rings. The molecule has 7 nitrogen and oxygen atoms in total. The van der Waals surface area contributed by atoms with Crippen LogP contribution in [0.4, 0.5) is 0 Å². The first kappa shape index (κ1) is 15.4. The van der Waals surface area contributed by atoms with Gasteiger partial charge in [-0.25, -0.2) is 0 Å². The maximum absolute atomic E-state index is 12.7. The Bertz CT molecular complexity index is 736. The van der Waals surface area contributed by atoms with Gasteiger partial charge in [0.05, 0.1) is 17.8 Å². The molecule has 2 aliphatic rings. The second-order valence-electron chi connectivity index (χ2n) is 6.96. The van der Waals surface area contributed by atoms with E-state index in [-0.39, 0.29) is 11.9 Å². The SMILES string of the molecule is Cn1nc2c(c1C(=O)N[C@@H]1CC(Cn3cccn3)C[C@H]1O)CCC2. The topological polar surface area (TPSA) is 85.0 Å². The zero-order valence-corrected chi connectivity index (χ0v) is 13.9. The maximum atomic E-state index is 12.7. The fourth-order valence-electron chi connectivity index (χ4n) is 4.14. The van der Waals surface area contributed by atoms with Gasteiger partial charge in [-0.3, -0.25) is 14.2 Å². The summed E-state index contributed by atoms with van der Waals surface area (Å²) in [6, 6.07) is 1.69. The minimum Gasteiger partial charge on any atom is -0.391 e. The molecule has 24 heavy (non-hydrogen) atoms. The fourth-order valence-corrected chi connectivity index (χ4v) is 4.14. The number of amides is 1. The van der Waals surface area contributed by atoms with Crippen LogP contribution in [-0.2, 0) is 26.4 Å². The summed E-state index contributed by atoms with van der Waals surface area (Å²) in [7, 11) is 1.82. The van der Waals surface area contributed by atoms with Crippen LogP contribution in [0.3, 0.4) is 0 Å². The number of nitrogens with zero attached hydrogens (tertiary/aromatic N) is 4. The number of aliphatic hydroxyl groups is 1. The van der Waals surface area contributed by atoms with Crippen LogP contribution in [0.25, 0.3) is 0 Å². The first-order chi connectivity index (χ1) is 11.6. The van der Waals surface area contributed by atoms with Crippen molar-refractivity contribution in [2.24, 2.45) is 13.0 Å². The van der Waals surface area contributed by atoms with Crippen LogP contribution < -0.4 is 5.32 Å². The molecule has 0 aliphatic heterocycles. The van der Waals surface area contributed by atoms with Crippen molar-refractivity contribution in [3.63, 3.8) is 0 Å². The molecule has 0 radical (unpaired) electrons. The summed E-state index contributed by atoms with van der Waals surface area (Å²) >= 11 is 0. The molecule has 3 atom stereocenters. The normalized spacial score (nSPS) is 25.8. The molecule has 1 fully saturated rings. The van der Waals surface area contributed by atoms with Gasteiger partial charge in [-0.05, 0) is 44.1 Å². The van der Waals surface area contributed by atoms with Crippen LogP contribution in [0.1, 0.15) is 41.0 Å². The first-order valence-corrected chi connectivity index (χ1v) is 8.63. The van der Waals surface area contributed by atoms with Crippen LogP contribution in [0.15, 0.2) is 18.5 Å². The van der Waals surface area contributed by atoms with E-state index in [1.165, 1.54) is 0 Å². The highest BCUT2D eigenvalue weighted by Crippen LogP contribution is 2.29. The average Bonchev–Trinajstić information content (AvgIpc) is 3.26. The van der Waals surface area contributed by atoms with Crippen molar-refractivity contribution < 1.29 is 9.90 Å². The largest absolute Gasteiger partial charge is 0.391 e. The number of aromatic nitrogens is 4. The van der Waals surface area contributed by atoms with Crippen molar-refractivity contribution in [1.82, 2.24) is 24.9 Å². The standard InChI is InChI=1S/C17H23N5O2/c1-21-16(12-4-2-5-13(12)20-21)17(24)19-14-8-11(9-15(14)23)10-22-7-3-6-18-22/h3,6-7,11,14-15,23H,2,4-5,8-10H2,1H3,(H,19,24)/t11?,14-,15-/m1/s1. The summed E-state index contributed by atoms with van der Waals surface area (Å²) in [4.78, 5) is 12.7. The van der Waals surface area contributed by atoms with Gasteiger partial charge < -0.3 is 10.4 Å². The number of hydrogen-bond donors (Lipinski definition) is 2.